The molecule has 64 valence electrons. The minimum absolute atomic E-state index is 0. The van der Waals surface area contributed by atoms with Gasteiger partial charge in [-0.2, -0.15) is 8.42 Å². The summed E-state index contributed by atoms with van der Waals surface area (Å²) in [5.74, 6) is 0. The van der Waals surface area contributed by atoms with Gasteiger partial charge in [0.1, 0.15) is 0 Å². The molecule has 0 spiro atoms. The molecule has 0 unspecified atom stereocenters. The zero-order valence-electron chi connectivity index (χ0n) is 5.61. The van der Waals surface area contributed by atoms with E-state index >= 15 is 0 Å². The van der Waals surface area contributed by atoms with Crippen molar-refractivity contribution in [2.24, 2.45) is 0 Å². The molecule has 0 aromatic heterocycles. The summed E-state index contributed by atoms with van der Waals surface area (Å²) in [5.41, 5.74) is 0. The average molecular weight is 173 g/mol. The van der Waals surface area contributed by atoms with Gasteiger partial charge in [-0.15, -0.1) is 0 Å². The van der Waals surface area contributed by atoms with E-state index in [-0.39, 0.29) is 12.8 Å². The molecule has 4 N–H and O–H groups in total. The second-order valence-corrected chi connectivity index (χ2v) is 2.35. The number of aliphatic hydroxyl groups is 1. The monoisotopic (exact) mass is 173 g/mol. The first-order valence-corrected chi connectivity index (χ1v) is 3.60. The SMILES string of the molecule is CCOS(=O)(=O)OCO.N. The van der Waals surface area contributed by atoms with Crippen LogP contribution in [0.3, 0.4) is 0 Å². The smallest absolute Gasteiger partial charge is 0.369 e. The Morgan fingerprint density at radius 1 is 1.40 bits per heavy atom. The lowest BCUT2D eigenvalue weighted by Crippen LogP contribution is -2.10. The number of hydrogen-bond donors (Lipinski definition) is 2. The molecule has 10 heavy (non-hydrogen) atoms. The van der Waals surface area contributed by atoms with E-state index in [0.717, 1.165) is 0 Å². The second kappa shape index (κ2) is 5.57. The molecule has 0 aliphatic heterocycles. The Bertz CT molecular complexity index is 140. The quantitative estimate of drug-likeness (QED) is 0.549. The minimum Gasteiger partial charge on any atom is -0.369 e. The minimum atomic E-state index is -3.93. The van der Waals surface area contributed by atoms with Crippen molar-refractivity contribution < 1.29 is 21.9 Å². The molecular weight excluding hydrogens is 162 g/mol. The Hall–Kier alpha value is -0.210. The zero-order valence-corrected chi connectivity index (χ0v) is 6.43. The third-order valence-corrected chi connectivity index (χ3v) is 1.38. The highest BCUT2D eigenvalue weighted by molar-refractivity contribution is 7.81. The molecule has 0 aromatic rings. The lowest BCUT2D eigenvalue weighted by molar-refractivity contribution is 0.0838. The molecule has 0 aliphatic carbocycles. The highest BCUT2D eigenvalue weighted by atomic mass is 32.3. The fraction of sp³-hybridized carbons (Fsp3) is 1.00. The maximum absolute atomic E-state index is 10.2. The molecular formula is C3H11NO5S. The molecule has 0 rings (SSSR count). The van der Waals surface area contributed by atoms with Crippen molar-refractivity contribution in [1.82, 2.24) is 6.15 Å². The van der Waals surface area contributed by atoms with E-state index in [2.05, 4.69) is 8.37 Å². The van der Waals surface area contributed by atoms with Gasteiger partial charge in [0.15, 0.2) is 6.79 Å². The second-order valence-electron chi connectivity index (χ2n) is 1.06. The van der Waals surface area contributed by atoms with E-state index in [4.69, 9.17) is 5.11 Å². The van der Waals surface area contributed by atoms with Crippen LogP contribution in [0.25, 0.3) is 0 Å². The van der Waals surface area contributed by atoms with Crippen molar-refractivity contribution in [3.8, 4) is 0 Å². The normalized spacial score (nSPS) is 10.6. The summed E-state index contributed by atoms with van der Waals surface area (Å²) in [6.07, 6.45) is 0. The number of aliphatic hydroxyl groups excluding tert-OH is 1. The zero-order chi connectivity index (χ0) is 7.33. The highest BCUT2D eigenvalue weighted by Gasteiger charge is 2.07. The maximum atomic E-state index is 10.2. The van der Waals surface area contributed by atoms with Crippen LogP contribution in [0.15, 0.2) is 0 Å². The Morgan fingerprint density at radius 2 is 1.90 bits per heavy atom. The molecule has 0 bridgehead atoms. The largest absolute Gasteiger partial charge is 0.402 e. The van der Waals surface area contributed by atoms with Gasteiger partial charge in [0.05, 0.1) is 6.61 Å². The molecule has 0 aliphatic rings. The van der Waals surface area contributed by atoms with Gasteiger partial charge in [-0.05, 0) is 6.92 Å². The lowest BCUT2D eigenvalue weighted by atomic mass is 10.9. The van der Waals surface area contributed by atoms with E-state index in [1.54, 1.807) is 0 Å². The molecule has 0 atom stereocenters. The molecule has 0 saturated heterocycles. The Kier molecular flexibility index (Phi) is 6.94. The van der Waals surface area contributed by atoms with Crippen LogP contribution in [-0.2, 0) is 18.8 Å². The molecule has 0 radical (unpaired) electrons. The van der Waals surface area contributed by atoms with Crippen LogP contribution in [0.2, 0.25) is 0 Å². The summed E-state index contributed by atoms with van der Waals surface area (Å²) in [4.78, 5) is 0. The molecule has 0 fully saturated rings. The summed E-state index contributed by atoms with van der Waals surface area (Å²) >= 11 is 0. The first-order chi connectivity index (χ1) is 4.12. The van der Waals surface area contributed by atoms with Crippen molar-refractivity contribution in [3.05, 3.63) is 0 Å². The van der Waals surface area contributed by atoms with Crippen LogP contribution < -0.4 is 6.15 Å². The van der Waals surface area contributed by atoms with Gasteiger partial charge in [-0.1, -0.05) is 0 Å². The van der Waals surface area contributed by atoms with E-state index in [1.165, 1.54) is 6.92 Å². The number of hydrogen-bond acceptors (Lipinski definition) is 6. The molecule has 0 amide bonds. The van der Waals surface area contributed by atoms with Gasteiger partial charge in [0, 0.05) is 0 Å². The molecule has 7 heteroatoms. The van der Waals surface area contributed by atoms with Gasteiger partial charge >= 0.3 is 10.4 Å². The highest BCUT2D eigenvalue weighted by Crippen LogP contribution is 1.92. The van der Waals surface area contributed by atoms with E-state index < -0.39 is 17.2 Å². The first-order valence-electron chi connectivity index (χ1n) is 2.27. The van der Waals surface area contributed by atoms with E-state index in [1.807, 2.05) is 0 Å². The third kappa shape index (κ3) is 5.92. The standard InChI is InChI=1S/C3H8O5S.H3N/c1-2-7-9(5,6)8-3-4;/h4H,2-3H2,1H3;1H3. The van der Waals surface area contributed by atoms with Crippen LogP contribution >= 0.6 is 0 Å². The van der Waals surface area contributed by atoms with Crippen molar-refractivity contribution in [2.75, 3.05) is 13.4 Å². The summed E-state index contributed by atoms with van der Waals surface area (Å²) in [7, 11) is -3.93. The predicted molar refractivity (Wildman–Crippen MR) is 33.7 cm³/mol. The fourth-order valence-electron chi connectivity index (χ4n) is 0.243. The van der Waals surface area contributed by atoms with Crippen molar-refractivity contribution in [3.63, 3.8) is 0 Å². The van der Waals surface area contributed by atoms with Crippen LogP contribution in [0.1, 0.15) is 6.92 Å². The fourth-order valence-corrected chi connectivity index (χ4v) is 0.729. The number of rotatable bonds is 4. The van der Waals surface area contributed by atoms with Crippen LogP contribution in [0.4, 0.5) is 0 Å². The Balaban J connectivity index is 0. The molecule has 6 nitrogen and oxygen atoms in total. The van der Waals surface area contributed by atoms with Crippen LogP contribution in [-0.4, -0.2) is 26.9 Å². The third-order valence-electron chi connectivity index (χ3n) is 0.459. The van der Waals surface area contributed by atoms with E-state index in [9.17, 15) is 8.42 Å². The maximum Gasteiger partial charge on any atom is 0.402 e. The van der Waals surface area contributed by atoms with Crippen molar-refractivity contribution >= 4 is 10.4 Å². The Labute approximate surface area is 59.7 Å². The van der Waals surface area contributed by atoms with Crippen molar-refractivity contribution in [1.29, 1.82) is 0 Å². The van der Waals surface area contributed by atoms with Gasteiger partial charge in [-0.25, -0.2) is 8.37 Å². The van der Waals surface area contributed by atoms with E-state index in [0.29, 0.717) is 0 Å². The summed E-state index contributed by atoms with van der Waals surface area (Å²) in [5, 5.41) is 7.95. The molecule has 0 saturated carbocycles. The average Bonchev–Trinajstić information content (AvgIpc) is 1.64. The van der Waals surface area contributed by atoms with Crippen LogP contribution in [0.5, 0.6) is 0 Å². The van der Waals surface area contributed by atoms with Gasteiger partial charge in [-0.3, -0.25) is 0 Å². The van der Waals surface area contributed by atoms with Gasteiger partial charge in [0.25, 0.3) is 0 Å². The Morgan fingerprint density at radius 3 is 2.20 bits per heavy atom. The van der Waals surface area contributed by atoms with Crippen LogP contribution in [0, 0.1) is 0 Å². The summed E-state index contributed by atoms with van der Waals surface area (Å²) in [6.45, 7) is 0.614. The molecule has 0 heterocycles. The summed E-state index contributed by atoms with van der Waals surface area (Å²) < 4.78 is 28.3. The lowest BCUT2D eigenvalue weighted by Gasteiger charge is -1.98. The predicted octanol–water partition coefficient (Wildman–Crippen LogP) is -0.604. The summed E-state index contributed by atoms with van der Waals surface area (Å²) in [6, 6.07) is 0. The van der Waals surface area contributed by atoms with Gasteiger partial charge in [0.2, 0.25) is 0 Å². The topological polar surface area (TPSA) is 108 Å². The van der Waals surface area contributed by atoms with Gasteiger partial charge < -0.3 is 11.3 Å². The molecule has 0 aromatic carbocycles. The van der Waals surface area contributed by atoms with Crippen molar-refractivity contribution in [2.45, 2.75) is 6.92 Å². The first kappa shape index (κ1) is 12.5.